The third-order valence-corrected chi connectivity index (χ3v) is 7.81. The number of piperidine rings is 1. The number of Topliss-reactive ketones (excluding diaryl/α,β-unsaturated/α-hetero) is 1. The Bertz CT molecular complexity index is 1100. The van der Waals surface area contributed by atoms with Gasteiger partial charge in [0.05, 0.1) is 6.04 Å². The molecule has 0 radical (unpaired) electrons. The molecule has 2 aromatic rings. The van der Waals surface area contributed by atoms with E-state index >= 15 is 0 Å². The first-order valence-corrected chi connectivity index (χ1v) is 12.2. The number of anilines is 1. The van der Waals surface area contributed by atoms with Crippen LogP contribution >= 0.6 is 11.6 Å². The summed E-state index contributed by atoms with van der Waals surface area (Å²) in [4.78, 5) is 46.6. The minimum atomic E-state index is -1.01. The van der Waals surface area contributed by atoms with Gasteiger partial charge in [-0.3, -0.25) is 9.59 Å². The number of rotatable bonds is 5. The third kappa shape index (κ3) is 4.98. The minimum absolute atomic E-state index is 0.0172. The standard InChI is InChI=1S/C26H31ClN4O4/c1-17(32)19-4-9-23(28-14-19)30-12-10-18(11-13-30)24(33)31-15-22(29(3)25(34)35)26(2,16-31)20-5-7-21(27)8-6-20/h4-9,14,18,22H,10-13,15-16H2,1-3H3,(H,34,35)/t22-,26+/m1/s1. The van der Waals surface area contributed by atoms with E-state index in [1.54, 1.807) is 31.4 Å². The van der Waals surface area contributed by atoms with E-state index in [1.165, 1.54) is 11.8 Å². The second-order valence-corrected chi connectivity index (χ2v) is 10.2. The van der Waals surface area contributed by atoms with E-state index in [9.17, 15) is 19.5 Å². The lowest BCUT2D eigenvalue weighted by Gasteiger charge is -2.35. The summed E-state index contributed by atoms with van der Waals surface area (Å²) in [5, 5.41) is 10.3. The number of pyridine rings is 1. The molecule has 0 unspecified atom stereocenters. The maximum absolute atomic E-state index is 13.5. The van der Waals surface area contributed by atoms with Gasteiger partial charge in [-0.1, -0.05) is 30.7 Å². The van der Waals surface area contributed by atoms with Crippen molar-refractivity contribution >= 4 is 35.2 Å². The zero-order valence-electron chi connectivity index (χ0n) is 20.3. The Labute approximate surface area is 210 Å². The molecule has 3 heterocycles. The van der Waals surface area contributed by atoms with Gasteiger partial charge in [-0.05, 0) is 49.6 Å². The van der Waals surface area contributed by atoms with Crippen molar-refractivity contribution in [1.29, 1.82) is 0 Å². The maximum Gasteiger partial charge on any atom is 0.407 e. The number of carbonyl (C=O) groups excluding carboxylic acids is 2. The molecular formula is C26H31ClN4O4. The lowest BCUT2D eigenvalue weighted by molar-refractivity contribution is -0.135. The van der Waals surface area contributed by atoms with E-state index in [4.69, 9.17) is 11.6 Å². The third-order valence-electron chi connectivity index (χ3n) is 7.56. The number of likely N-dealkylation sites (N-methyl/N-ethyl adjacent to an activating group) is 1. The summed E-state index contributed by atoms with van der Waals surface area (Å²) >= 11 is 6.08. The topological polar surface area (TPSA) is 94.1 Å². The summed E-state index contributed by atoms with van der Waals surface area (Å²) in [6.45, 7) is 5.74. The van der Waals surface area contributed by atoms with Crippen LogP contribution in [0.25, 0.3) is 0 Å². The van der Waals surface area contributed by atoms with Crippen LogP contribution in [0.5, 0.6) is 0 Å². The number of halogens is 1. The fourth-order valence-corrected chi connectivity index (χ4v) is 5.46. The molecule has 2 aliphatic rings. The second-order valence-electron chi connectivity index (χ2n) is 9.77. The molecule has 35 heavy (non-hydrogen) atoms. The molecule has 1 N–H and O–H groups in total. The van der Waals surface area contributed by atoms with Gasteiger partial charge in [-0.25, -0.2) is 9.78 Å². The van der Waals surface area contributed by atoms with Crippen molar-refractivity contribution in [3.05, 3.63) is 58.7 Å². The number of aromatic nitrogens is 1. The van der Waals surface area contributed by atoms with Crippen molar-refractivity contribution < 1.29 is 19.5 Å². The van der Waals surface area contributed by atoms with Crippen LogP contribution in [0, 0.1) is 5.92 Å². The molecule has 0 spiro atoms. The molecule has 2 fully saturated rings. The van der Waals surface area contributed by atoms with E-state index < -0.39 is 11.5 Å². The Morgan fingerprint density at radius 2 is 1.77 bits per heavy atom. The van der Waals surface area contributed by atoms with Gasteiger partial charge in [0.1, 0.15) is 5.82 Å². The number of carboxylic acid groups (broad SMARTS) is 1. The molecule has 2 aliphatic heterocycles. The summed E-state index contributed by atoms with van der Waals surface area (Å²) in [6.07, 6.45) is 1.97. The van der Waals surface area contributed by atoms with E-state index in [2.05, 4.69) is 9.88 Å². The summed E-state index contributed by atoms with van der Waals surface area (Å²) < 4.78 is 0. The zero-order valence-corrected chi connectivity index (χ0v) is 21.0. The van der Waals surface area contributed by atoms with Crippen molar-refractivity contribution in [2.45, 2.75) is 38.1 Å². The number of hydrogen-bond donors (Lipinski definition) is 1. The summed E-state index contributed by atoms with van der Waals surface area (Å²) in [7, 11) is 1.57. The lowest BCUT2D eigenvalue weighted by atomic mass is 9.77. The molecule has 2 amide bonds. The van der Waals surface area contributed by atoms with E-state index in [0.29, 0.717) is 49.6 Å². The highest BCUT2D eigenvalue weighted by atomic mass is 35.5. The first-order valence-electron chi connectivity index (χ1n) is 11.8. The predicted octanol–water partition coefficient (Wildman–Crippen LogP) is 3.93. The largest absolute Gasteiger partial charge is 0.465 e. The highest BCUT2D eigenvalue weighted by molar-refractivity contribution is 6.30. The number of amides is 2. The van der Waals surface area contributed by atoms with E-state index in [0.717, 1.165) is 11.4 Å². The summed E-state index contributed by atoms with van der Waals surface area (Å²) in [5.41, 5.74) is 0.999. The van der Waals surface area contributed by atoms with Crippen LogP contribution in [-0.2, 0) is 10.2 Å². The zero-order chi connectivity index (χ0) is 25.3. The Kier molecular flexibility index (Phi) is 7.03. The smallest absolute Gasteiger partial charge is 0.407 e. The average Bonchev–Trinajstić information content (AvgIpc) is 3.22. The van der Waals surface area contributed by atoms with Gasteiger partial charge in [0.15, 0.2) is 5.78 Å². The second kappa shape index (κ2) is 9.85. The molecular weight excluding hydrogens is 468 g/mol. The number of hydrogen-bond acceptors (Lipinski definition) is 5. The fraction of sp³-hybridized carbons (Fsp3) is 0.462. The highest BCUT2D eigenvalue weighted by Gasteiger charge is 2.49. The molecule has 2 atom stereocenters. The first kappa shape index (κ1) is 25.0. The average molecular weight is 499 g/mol. The fourth-order valence-electron chi connectivity index (χ4n) is 5.34. The molecule has 9 heteroatoms. The van der Waals surface area contributed by atoms with Crippen LogP contribution in [0.15, 0.2) is 42.6 Å². The molecule has 1 aromatic heterocycles. The minimum Gasteiger partial charge on any atom is -0.465 e. The molecule has 186 valence electrons. The number of carbonyl (C=O) groups is 3. The number of likely N-dealkylation sites (tertiary alicyclic amines) is 1. The number of nitrogens with zero attached hydrogens (tertiary/aromatic N) is 4. The predicted molar refractivity (Wildman–Crippen MR) is 134 cm³/mol. The Morgan fingerprint density at radius 3 is 2.31 bits per heavy atom. The van der Waals surface area contributed by atoms with Crippen molar-refractivity contribution in [2.75, 3.05) is 38.1 Å². The van der Waals surface area contributed by atoms with Gasteiger partial charge in [0, 0.05) is 61.3 Å². The van der Waals surface area contributed by atoms with Crippen molar-refractivity contribution in [3.8, 4) is 0 Å². The van der Waals surface area contributed by atoms with Gasteiger partial charge in [-0.2, -0.15) is 0 Å². The van der Waals surface area contributed by atoms with Crippen molar-refractivity contribution in [3.63, 3.8) is 0 Å². The van der Waals surface area contributed by atoms with Crippen LogP contribution in [0.1, 0.15) is 42.6 Å². The highest BCUT2D eigenvalue weighted by Crippen LogP contribution is 2.39. The Hall–Kier alpha value is -3.13. The van der Waals surface area contributed by atoms with Crippen LogP contribution in [0.2, 0.25) is 5.02 Å². The van der Waals surface area contributed by atoms with Gasteiger partial charge in [0.25, 0.3) is 0 Å². The molecule has 4 rings (SSSR count). The monoisotopic (exact) mass is 498 g/mol. The number of benzene rings is 1. The lowest BCUT2D eigenvalue weighted by Crippen LogP contribution is -2.48. The number of ketones is 1. The summed E-state index contributed by atoms with van der Waals surface area (Å²) in [6, 6.07) is 10.7. The summed E-state index contributed by atoms with van der Waals surface area (Å²) in [5.74, 6) is 0.744. The molecule has 8 nitrogen and oxygen atoms in total. The normalized spacial score (nSPS) is 22.8. The van der Waals surface area contributed by atoms with E-state index in [-0.39, 0.29) is 23.7 Å². The van der Waals surface area contributed by atoms with Gasteiger partial charge >= 0.3 is 6.09 Å². The quantitative estimate of drug-likeness (QED) is 0.628. The molecule has 0 bridgehead atoms. The maximum atomic E-state index is 13.5. The van der Waals surface area contributed by atoms with Crippen LogP contribution in [-0.4, -0.2) is 76.9 Å². The Morgan fingerprint density at radius 1 is 1.11 bits per heavy atom. The van der Waals surface area contributed by atoms with Gasteiger partial charge in [0.2, 0.25) is 5.91 Å². The first-order chi connectivity index (χ1) is 16.6. The van der Waals surface area contributed by atoms with Crippen molar-refractivity contribution in [2.24, 2.45) is 5.92 Å². The van der Waals surface area contributed by atoms with Crippen molar-refractivity contribution in [1.82, 2.24) is 14.8 Å². The SMILES string of the molecule is CC(=O)c1ccc(N2CCC(C(=O)N3C[C@@H](N(C)C(=O)O)[C@](C)(c4ccc(Cl)cc4)C3)CC2)nc1. The molecule has 2 saturated heterocycles. The Balaban J connectivity index is 1.46. The van der Waals surface area contributed by atoms with Crippen LogP contribution < -0.4 is 4.90 Å². The molecule has 1 aromatic carbocycles. The van der Waals surface area contributed by atoms with Crippen LogP contribution in [0.3, 0.4) is 0 Å². The van der Waals surface area contributed by atoms with Gasteiger partial charge in [-0.15, -0.1) is 0 Å². The molecule has 0 aliphatic carbocycles. The van der Waals surface area contributed by atoms with E-state index in [1.807, 2.05) is 30.0 Å². The van der Waals surface area contributed by atoms with Gasteiger partial charge < -0.3 is 19.8 Å². The van der Waals surface area contributed by atoms with Crippen LogP contribution in [0.4, 0.5) is 10.6 Å². The molecule has 0 saturated carbocycles.